The molecule has 1 aliphatic heterocycles. The molecule has 0 bridgehead atoms. The van der Waals surface area contributed by atoms with Crippen LogP contribution in [0.25, 0.3) is 0 Å². The normalized spacial score (nSPS) is 18.4. The summed E-state index contributed by atoms with van der Waals surface area (Å²) in [5.74, 6) is 1.50. The number of aromatic amines is 2. The van der Waals surface area contributed by atoms with Gasteiger partial charge in [-0.05, 0) is 0 Å². The van der Waals surface area contributed by atoms with Crippen LogP contribution in [0.2, 0.25) is 0 Å². The van der Waals surface area contributed by atoms with Gasteiger partial charge >= 0.3 is 0 Å². The fourth-order valence-electron chi connectivity index (χ4n) is 2.32. The van der Waals surface area contributed by atoms with Crippen molar-refractivity contribution < 1.29 is 17.1 Å². The van der Waals surface area contributed by atoms with Crippen LogP contribution < -0.4 is 31.1 Å². The molecule has 1 radical (unpaired) electrons. The largest absolute Gasteiger partial charge is 0.316 e. The zero-order chi connectivity index (χ0) is 16.5. The van der Waals surface area contributed by atoms with Gasteiger partial charge in [-0.15, -0.1) is 0 Å². The third kappa shape index (κ3) is 6.23. The van der Waals surface area contributed by atoms with Crippen LogP contribution in [0.1, 0.15) is 0 Å². The molecule has 3 rings (SSSR count). The van der Waals surface area contributed by atoms with E-state index in [1.54, 1.807) is 0 Å². The van der Waals surface area contributed by atoms with Gasteiger partial charge in [0.25, 0.3) is 0 Å². The molecule has 12 nitrogen and oxygen atoms in total. The maximum atomic E-state index is 4.21. The minimum Gasteiger partial charge on any atom is -0.316 e. The van der Waals surface area contributed by atoms with E-state index in [1.807, 2.05) is 0 Å². The quantitative estimate of drug-likeness (QED) is 0.299. The van der Waals surface area contributed by atoms with Crippen LogP contribution in [0.15, 0.2) is 12.7 Å². The summed E-state index contributed by atoms with van der Waals surface area (Å²) < 4.78 is 0. The Labute approximate surface area is 156 Å². The summed E-state index contributed by atoms with van der Waals surface area (Å²) in [6.07, 6.45) is 3.03. The number of aromatic nitrogens is 6. The Morgan fingerprint density at radius 2 is 1.00 bits per heavy atom. The van der Waals surface area contributed by atoms with Crippen molar-refractivity contribution in [3.63, 3.8) is 0 Å². The molecule has 1 fully saturated rings. The van der Waals surface area contributed by atoms with E-state index in [0.29, 0.717) is 26.7 Å². The molecular weight excluding hydrogens is 376 g/mol. The van der Waals surface area contributed by atoms with Crippen LogP contribution in [0.5, 0.6) is 0 Å². The number of H-pyrrole nitrogens is 2. The van der Waals surface area contributed by atoms with E-state index in [1.165, 1.54) is 12.7 Å². The number of rotatable bonds is 2. The molecule has 143 valence electrons. The molecule has 2 aromatic heterocycles. The van der Waals surface area contributed by atoms with E-state index in [-0.39, 0.29) is 17.1 Å². The zero-order valence-corrected chi connectivity index (χ0v) is 14.7. The molecule has 0 aliphatic carbocycles. The standard InChI is InChI=1S/C12H24N12.Cu/c1-2-14-8-24(12-18-6-20-22-12)10-16-4-3-15-9-23(7-13-1)11-17-5-19-21-11;/h5-6,13-16H,1-4,7-10H2,(H,17,19,21)(H,18,20,22);. The molecular formula is C12H24CuN12. The first kappa shape index (κ1) is 19.6. The molecule has 0 amide bonds. The number of anilines is 2. The van der Waals surface area contributed by atoms with Gasteiger partial charge in [0, 0.05) is 43.2 Å². The zero-order valence-electron chi connectivity index (χ0n) is 13.8. The van der Waals surface area contributed by atoms with Crippen molar-refractivity contribution in [1.82, 2.24) is 51.6 Å². The molecule has 0 aromatic carbocycles. The summed E-state index contributed by atoms with van der Waals surface area (Å²) in [6, 6.07) is 0. The Bertz CT molecular complexity index is 480. The van der Waals surface area contributed by atoms with E-state index in [4.69, 9.17) is 0 Å². The van der Waals surface area contributed by atoms with Gasteiger partial charge < -0.3 is 9.80 Å². The fraction of sp³-hybridized carbons (Fsp3) is 0.667. The predicted octanol–water partition coefficient (Wildman–Crippen LogP) is -2.56. The second-order valence-corrected chi connectivity index (χ2v) is 5.33. The van der Waals surface area contributed by atoms with E-state index in [9.17, 15) is 0 Å². The first-order valence-corrected chi connectivity index (χ1v) is 7.97. The Kier molecular flexibility index (Phi) is 8.59. The van der Waals surface area contributed by atoms with Crippen LogP contribution in [-0.4, -0.2) is 83.2 Å². The number of nitrogens with zero attached hydrogens (tertiary/aromatic N) is 6. The number of nitrogens with one attached hydrogen (secondary N) is 6. The third-order valence-electron chi connectivity index (χ3n) is 3.57. The van der Waals surface area contributed by atoms with Gasteiger partial charge in [0.2, 0.25) is 11.9 Å². The average Bonchev–Trinajstić information content (AvgIpc) is 3.30. The van der Waals surface area contributed by atoms with Gasteiger partial charge in [-0.3, -0.25) is 21.3 Å². The van der Waals surface area contributed by atoms with Crippen LogP contribution in [-0.2, 0) is 17.1 Å². The van der Waals surface area contributed by atoms with Crippen LogP contribution in [0.4, 0.5) is 11.9 Å². The molecule has 6 N–H and O–H groups in total. The molecule has 25 heavy (non-hydrogen) atoms. The summed E-state index contributed by atoms with van der Waals surface area (Å²) in [7, 11) is 0. The molecule has 1 saturated heterocycles. The number of hydrogen-bond acceptors (Lipinski definition) is 10. The van der Waals surface area contributed by atoms with Crippen LogP contribution in [0, 0.1) is 0 Å². The SMILES string of the molecule is [Cu].c1n[nH]c(N2CNCCNCN(c3ncn[nH]3)CNCCNC2)n1. The fourth-order valence-corrected chi connectivity index (χ4v) is 2.32. The minimum atomic E-state index is 0. The van der Waals surface area contributed by atoms with Gasteiger partial charge in [-0.2, -0.15) is 20.2 Å². The molecule has 3 heterocycles. The van der Waals surface area contributed by atoms with E-state index in [0.717, 1.165) is 38.1 Å². The minimum absolute atomic E-state index is 0. The van der Waals surface area contributed by atoms with Gasteiger partial charge in [0.1, 0.15) is 12.7 Å². The second-order valence-electron chi connectivity index (χ2n) is 5.33. The van der Waals surface area contributed by atoms with Crippen molar-refractivity contribution in [3.8, 4) is 0 Å². The van der Waals surface area contributed by atoms with Gasteiger partial charge in [0.15, 0.2) is 0 Å². The maximum absolute atomic E-state index is 4.21. The Morgan fingerprint density at radius 3 is 1.28 bits per heavy atom. The van der Waals surface area contributed by atoms with Crippen molar-refractivity contribution in [2.24, 2.45) is 0 Å². The Morgan fingerprint density at radius 1 is 0.640 bits per heavy atom. The first-order valence-electron chi connectivity index (χ1n) is 7.97. The van der Waals surface area contributed by atoms with E-state index in [2.05, 4.69) is 61.4 Å². The number of hydrogen-bond donors (Lipinski definition) is 6. The summed E-state index contributed by atoms with van der Waals surface area (Å²) >= 11 is 0. The molecule has 2 aromatic rings. The van der Waals surface area contributed by atoms with Crippen molar-refractivity contribution in [2.75, 3.05) is 62.7 Å². The Balaban J connectivity index is 0.00000225. The van der Waals surface area contributed by atoms with Gasteiger partial charge in [-0.1, -0.05) is 0 Å². The van der Waals surface area contributed by atoms with Gasteiger partial charge in [0.05, 0.1) is 26.7 Å². The second kappa shape index (κ2) is 11.0. The van der Waals surface area contributed by atoms with Gasteiger partial charge in [-0.25, -0.2) is 10.2 Å². The van der Waals surface area contributed by atoms with Crippen molar-refractivity contribution in [1.29, 1.82) is 0 Å². The third-order valence-corrected chi connectivity index (χ3v) is 3.57. The Hall–Kier alpha value is -1.76. The topological polar surface area (TPSA) is 138 Å². The summed E-state index contributed by atoms with van der Waals surface area (Å²) in [5.41, 5.74) is 0. The first-order chi connectivity index (χ1) is 11.9. The molecule has 0 spiro atoms. The molecule has 1 aliphatic rings. The predicted molar refractivity (Wildman–Crippen MR) is 89.2 cm³/mol. The van der Waals surface area contributed by atoms with Crippen LogP contribution in [0.3, 0.4) is 0 Å². The van der Waals surface area contributed by atoms with E-state index >= 15 is 0 Å². The molecule has 0 unspecified atom stereocenters. The summed E-state index contributed by atoms with van der Waals surface area (Å²) in [4.78, 5) is 12.5. The van der Waals surface area contributed by atoms with E-state index < -0.39 is 0 Å². The van der Waals surface area contributed by atoms with Crippen LogP contribution >= 0.6 is 0 Å². The van der Waals surface area contributed by atoms with Crippen molar-refractivity contribution >= 4 is 11.9 Å². The summed E-state index contributed by atoms with van der Waals surface area (Å²) in [6.45, 7) is 6.08. The molecule has 0 atom stereocenters. The maximum Gasteiger partial charge on any atom is 0.223 e. The molecule has 0 saturated carbocycles. The van der Waals surface area contributed by atoms with Crippen molar-refractivity contribution in [3.05, 3.63) is 12.7 Å². The smallest absolute Gasteiger partial charge is 0.223 e. The molecule has 13 heteroatoms. The summed E-state index contributed by atoms with van der Waals surface area (Å²) in [5, 5.41) is 27.2. The average molecular weight is 400 g/mol. The monoisotopic (exact) mass is 399 g/mol. The van der Waals surface area contributed by atoms with Crippen molar-refractivity contribution in [2.45, 2.75) is 0 Å².